The molecular formula is C22H16ClN5O3S. The summed E-state index contributed by atoms with van der Waals surface area (Å²) in [6.07, 6.45) is 3.39. The molecule has 1 aliphatic rings. The number of carbonyl (C=O) groups is 1. The van der Waals surface area contributed by atoms with Crippen LogP contribution < -0.4 is 14.8 Å². The molecule has 0 fully saturated rings. The van der Waals surface area contributed by atoms with Crippen molar-refractivity contribution in [1.29, 1.82) is 0 Å². The predicted molar refractivity (Wildman–Crippen MR) is 122 cm³/mol. The fraction of sp³-hybridized carbons (Fsp3) is 0.0909. The molecule has 5 rings (SSSR count). The molecule has 4 aromatic rings. The minimum absolute atomic E-state index is 0.149. The lowest BCUT2D eigenvalue weighted by Crippen LogP contribution is -2.14. The van der Waals surface area contributed by atoms with Gasteiger partial charge in [-0.2, -0.15) is 0 Å². The van der Waals surface area contributed by atoms with Crippen molar-refractivity contribution in [3.8, 4) is 28.6 Å². The first-order valence-corrected chi connectivity index (χ1v) is 11.0. The zero-order valence-corrected chi connectivity index (χ0v) is 18.1. The Morgan fingerprint density at radius 2 is 1.81 bits per heavy atom. The van der Waals surface area contributed by atoms with E-state index in [1.54, 1.807) is 42.7 Å². The largest absolute Gasteiger partial charge is 0.454 e. The summed E-state index contributed by atoms with van der Waals surface area (Å²) in [5.74, 6) is 1.90. The highest BCUT2D eigenvalue weighted by Gasteiger charge is 2.18. The molecule has 0 spiro atoms. The number of nitrogens with one attached hydrogen (secondary N) is 1. The Morgan fingerprint density at radius 1 is 1.03 bits per heavy atom. The highest BCUT2D eigenvalue weighted by molar-refractivity contribution is 7.99. The summed E-state index contributed by atoms with van der Waals surface area (Å²) in [7, 11) is 0. The Kier molecular flexibility index (Phi) is 5.66. The third kappa shape index (κ3) is 4.25. The van der Waals surface area contributed by atoms with Gasteiger partial charge in [0, 0.05) is 40.4 Å². The number of benzene rings is 2. The number of carbonyl (C=O) groups excluding carboxylic acids is 1. The lowest BCUT2D eigenvalue weighted by molar-refractivity contribution is -0.113. The zero-order valence-electron chi connectivity index (χ0n) is 16.6. The van der Waals surface area contributed by atoms with Gasteiger partial charge in [-0.05, 0) is 48.5 Å². The summed E-state index contributed by atoms with van der Waals surface area (Å²) in [5, 5.41) is 12.8. The van der Waals surface area contributed by atoms with E-state index in [0.717, 1.165) is 11.3 Å². The van der Waals surface area contributed by atoms with Crippen LogP contribution in [0.4, 0.5) is 5.69 Å². The van der Waals surface area contributed by atoms with Crippen LogP contribution >= 0.6 is 23.4 Å². The molecule has 1 aliphatic heterocycles. The second kappa shape index (κ2) is 8.89. The quantitative estimate of drug-likeness (QED) is 0.421. The van der Waals surface area contributed by atoms with Crippen LogP contribution in [-0.4, -0.2) is 38.2 Å². The Hall–Kier alpha value is -3.56. The lowest BCUT2D eigenvalue weighted by Gasteiger charge is -2.11. The predicted octanol–water partition coefficient (Wildman–Crippen LogP) is 4.44. The summed E-state index contributed by atoms with van der Waals surface area (Å²) < 4.78 is 12.5. The van der Waals surface area contributed by atoms with Gasteiger partial charge in [0.25, 0.3) is 0 Å². The number of pyridine rings is 1. The van der Waals surface area contributed by atoms with Crippen LogP contribution in [0.2, 0.25) is 5.02 Å². The Morgan fingerprint density at radius 3 is 2.62 bits per heavy atom. The molecule has 0 unspecified atom stereocenters. The normalized spacial score (nSPS) is 12.0. The van der Waals surface area contributed by atoms with Gasteiger partial charge in [-0.15, -0.1) is 10.2 Å². The van der Waals surface area contributed by atoms with Gasteiger partial charge in [0.15, 0.2) is 22.5 Å². The van der Waals surface area contributed by atoms with Crippen molar-refractivity contribution in [2.75, 3.05) is 17.9 Å². The van der Waals surface area contributed by atoms with E-state index in [9.17, 15) is 4.79 Å². The summed E-state index contributed by atoms with van der Waals surface area (Å²) in [4.78, 5) is 16.6. The van der Waals surface area contributed by atoms with E-state index in [0.29, 0.717) is 33.2 Å². The molecule has 0 radical (unpaired) electrons. The van der Waals surface area contributed by atoms with Gasteiger partial charge in [-0.3, -0.25) is 14.3 Å². The van der Waals surface area contributed by atoms with Crippen LogP contribution in [0.1, 0.15) is 0 Å². The van der Waals surface area contributed by atoms with E-state index in [1.807, 2.05) is 28.8 Å². The molecule has 3 heterocycles. The first-order chi connectivity index (χ1) is 15.7. The number of rotatable bonds is 6. The number of hydrogen-bond acceptors (Lipinski definition) is 7. The van der Waals surface area contributed by atoms with Crippen LogP contribution in [-0.2, 0) is 4.79 Å². The highest BCUT2D eigenvalue weighted by Crippen LogP contribution is 2.34. The summed E-state index contributed by atoms with van der Waals surface area (Å²) in [5.41, 5.74) is 2.33. The van der Waals surface area contributed by atoms with Gasteiger partial charge in [0.1, 0.15) is 0 Å². The minimum atomic E-state index is -0.176. The van der Waals surface area contributed by atoms with Gasteiger partial charge in [-0.25, -0.2) is 0 Å². The fourth-order valence-corrected chi connectivity index (χ4v) is 4.05. The number of halogens is 1. The van der Waals surface area contributed by atoms with Crippen LogP contribution in [0.5, 0.6) is 11.5 Å². The standard InChI is InChI=1S/C22H16ClN5O3S/c23-15-1-4-17(5-2-15)28-21(14-7-9-24-10-8-14)26-27-22(28)32-12-20(29)25-16-3-6-18-19(11-16)31-13-30-18/h1-11H,12-13H2,(H,25,29). The topological polar surface area (TPSA) is 91.2 Å². The van der Waals surface area contributed by atoms with Crippen molar-refractivity contribution in [3.05, 3.63) is 72.0 Å². The van der Waals surface area contributed by atoms with Crippen LogP contribution in [0.3, 0.4) is 0 Å². The second-order valence-electron chi connectivity index (χ2n) is 6.76. The summed E-state index contributed by atoms with van der Waals surface area (Å²) in [6, 6.07) is 16.4. The fourth-order valence-electron chi connectivity index (χ4n) is 3.18. The minimum Gasteiger partial charge on any atom is -0.454 e. The molecule has 0 bridgehead atoms. The molecule has 0 saturated carbocycles. The molecule has 160 valence electrons. The third-order valence-electron chi connectivity index (χ3n) is 4.65. The lowest BCUT2D eigenvalue weighted by atomic mass is 10.2. The average molecular weight is 466 g/mol. The molecule has 2 aromatic heterocycles. The number of fused-ring (bicyclic) bond motifs is 1. The van der Waals surface area contributed by atoms with Gasteiger partial charge >= 0.3 is 0 Å². The Labute approximate surface area is 192 Å². The SMILES string of the molecule is O=C(CSc1nnc(-c2ccncc2)n1-c1ccc(Cl)cc1)Nc1ccc2c(c1)OCO2. The van der Waals surface area contributed by atoms with E-state index in [4.69, 9.17) is 21.1 Å². The monoisotopic (exact) mass is 465 g/mol. The number of anilines is 1. The van der Waals surface area contributed by atoms with E-state index in [-0.39, 0.29) is 18.5 Å². The van der Waals surface area contributed by atoms with Crippen molar-refractivity contribution in [2.45, 2.75) is 5.16 Å². The van der Waals surface area contributed by atoms with Crippen LogP contribution in [0, 0.1) is 0 Å². The molecule has 32 heavy (non-hydrogen) atoms. The van der Waals surface area contributed by atoms with E-state index < -0.39 is 0 Å². The Balaban J connectivity index is 1.37. The van der Waals surface area contributed by atoms with E-state index in [1.165, 1.54) is 11.8 Å². The molecule has 0 saturated heterocycles. The number of aromatic nitrogens is 4. The van der Waals surface area contributed by atoms with Crippen molar-refractivity contribution >= 4 is 35.0 Å². The smallest absolute Gasteiger partial charge is 0.234 e. The first-order valence-electron chi connectivity index (χ1n) is 9.61. The highest BCUT2D eigenvalue weighted by atomic mass is 35.5. The van der Waals surface area contributed by atoms with Gasteiger partial charge in [-0.1, -0.05) is 23.4 Å². The third-order valence-corrected chi connectivity index (χ3v) is 5.83. The maximum absolute atomic E-state index is 12.6. The van der Waals surface area contributed by atoms with Gasteiger partial charge in [0.2, 0.25) is 12.7 Å². The first kappa shape index (κ1) is 20.3. The second-order valence-corrected chi connectivity index (χ2v) is 8.14. The average Bonchev–Trinajstić information content (AvgIpc) is 3.45. The molecule has 0 aliphatic carbocycles. The van der Waals surface area contributed by atoms with Crippen molar-refractivity contribution in [2.24, 2.45) is 0 Å². The molecule has 2 aromatic carbocycles. The van der Waals surface area contributed by atoms with Crippen LogP contribution in [0.15, 0.2) is 72.1 Å². The van der Waals surface area contributed by atoms with Gasteiger partial charge < -0.3 is 14.8 Å². The molecule has 1 N–H and O–H groups in total. The maximum Gasteiger partial charge on any atom is 0.234 e. The number of ether oxygens (including phenoxy) is 2. The summed E-state index contributed by atoms with van der Waals surface area (Å²) >= 11 is 7.35. The molecular weight excluding hydrogens is 450 g/mol. The molecule has 10 heteroatoms. The van der Waals surface area contributed by atoms with E-state index in [2.05, 4.69) is 20.5 Å². The number of hydrogen-bond donors (Lipinski definition) is 1. The van der Waals surface area contributed by atoms with Crippen molar-refractivity contribution in [3.63, 3.8) is 0 Å². The molecule has 8 nitrogen and oxygen atoms in total. The maximum atomic E-state index is 12.6. The molecule has 1 amide bonds. The Bertz CT molecular complexity index is 1260. The van der Waals surface area contributed by atoms with Crippen molar-refractivity contribution < 1.29 is 14.3 Å². The van der Waals surface area contributed by atoms with Gasteiger partial charge in [0.05, 0.1) is 5.75 Å². The number of thioether (sulfide) groups is 1. The van der Waals surface area contributed by atoms with Crippen molar-refractivity contribution in [1.82, 2.24) is 19.7 Å². The van der Waals surface area contributed by atoms with Crippen LogP contribution in [0.25, 0.3) is 17.1 Å². The molecule has 0 atom stereocenters. The number of nitrogens with zero attached hydrogens (tertiary/aromatic N) is 4. The number of amides is 1. The summed E-state index contributed by atoms with van der Waals surface area (Å²) in [6.45, 7) is 0.183. The zero-order chi connectivity index (χ0) is 21.9. The van der Waals surface area contributed by atoms with E-state index >= 15 is 0 Å².